The fourth-order valence-corrected chi connectivity index (χ4v) is 3.03. The van der Waals surface area contributed by atoms with Crippen molar-refractivity contribution in [1.82, 2.24) is 0 Å². The van der Waals surface area contributed by atoms with Gasteiger partial charge in [-0.15, -0.1) is 0 Å². The largest absolute Gasteiger partial charge is 0.464 e. The minimum Gasteiger partial charge on any atom is -0.464 e. The van der Waals surface area contributed by atoms with Gasteiger partial charge in [0, 0.05) is 0 Å². The van der Waals surface area contributed by atoms with Crippen molar-refractivity contribution in [1.29, 1.82) is 0 Å². The summed E-state index contributed by atoms with van der Waals surface area (Å²) in [6, 6.07) is 0. The summed E-state index contributed by atoms with van der Waals surface area (Å²) in [6.45, 7) is 4.89. The molecule has 0 bridgehead atoms. The van der Waals surface area contributed by atoms with Gasteiger partial charge in [0.25, 0.3) is 0 Å². The highest BCUT2D eigenvalue weighted by atomic mass is 16.6. The molecule has 0 N–H and O–H groups in total. The van der Waals surface area contributed by atoms with Gasteiger partial charge < -0.3 is 9.47 Å². The molecule has 1 fully saturated rings. The Balaban J connectivity index is 1.82. The van der Waals surface area contributed by atoms with Crippen LogP contribution in [0.25, 0.3) is 0 Å². The Morgan fingerprint density at radius 1 is 0.840 bits per heavy atom. The maximum Gasteiger partial charge on any atom is 0.338 e. The first kappa shape index (κ1) is 22.2. The van der Waals surface area contributed by atoms with Gasteiger partial charge in [-0.05, 0) is 38.5 Å². The number of hydrogen-bond acceptors (Lipinski definition) is 3. The SMILES string of the molecule is CCCCCCCC/C=C\CCCCCC1OC1C(=O)OCCCC. The number of ether oxygens (including phenoxy) is 2. The lowest BCUT2D eigenvalue weighted by molar-refractivity contribution is -0.145. The first-order valence-electron chi connectivity index (χ1n) is 10.8. The topological polar surface area (TPSA) is 38.8 Å². The van der Waals surface area contributed by atoms with Crippen LogP contribution in [0.4, 0.5) is 0 Å². The second-order valence-corrected chi connectivity index (χ2v) is 7.28. The molecule has 3 nitrogen and oxygen atoms in total. The quantitative estimate of drug-likeness (QED) is 0.132. The molecule has 25 heavy (non-hydrogen) atoms. The van der Waals surface area contributed by atoms with E-state index in [-0.39, 0.29) is 18.2 Å². The summed E-state index contributed by atoms with van der Waals surface area (Å²) in [7, 11) is 0. The predicted molar refractivity (Wildman–Crippen MR) is 105 cm³/mol. The molecule has 0 spiro atoms. The zero-order chi connectivity index (χ0) is 18.2. The second-order valence-electron chi connectivity index (χ2n) is 7.28. The van der Waals surface area contributed by atoms with Gasteiger partial charge in [0.1, 0.15) is 0 Å². The molecular weight excluding hydrogens is 312 g/mol. The molecule has 146 valence electrons. The third-order valence-corrected chi connectivity index (χ3v) is 4.81. The number of rotatable bonds is 17. The fourth-order valence-electron chi connectivity index (χ4n) is 3.03. The summed E-state index contributed by atoms with van der Waals surface area (Å²) < 4.78 is 10.6. The highest BCUT2D eigenvalue weighted by molar-refractivity contribution is 5.77. The van der Waals surface area contributed by atoms with Crippen LogP contribution >= 0.6 is 0 Å². The molecule has 1 aliphatic rings. The number of epoxide rings is 1. The van der Waals surface area contributed by atoms with Crippen LogP contribution in [0.1, 0.15) is 104 Å². The maximum absolute atomic E-state index is 11.7. The van der Waals surface area contributed by atoms with Crippen LogP contribution in [0.3, 0.4) is 0 Å². The summed E-state index contributed by atoms with van der Waals surface area (Å²) in [6.07, 6.45) is 21.8. The average molecular weight is 353 g/mol. The molecule has 2 atom stereocenters. The van der Waals surface area contributed by atoms with Gasteiger partial charge in [0.2, 0.25) is 0 Å². The van der Waals surface area contributed by atoms with Crippen molar-refractivity contribution in [3.05, 3.63) is 12.2 Å². The molecule has 1 saturated heterocycles. The minimum absolute atomic E-state index is 0.123. The van der Waals surface area contributed by atoms with E-state index in [0.29, 0.717) is 6.61 Å². The molecule has 0 aliphatic carbocycles. The van der Waals surface area contributed by atoms with Crippen LogP contribution in [-0.2, 0) is 14.3 Å². The first-order valence-corrected chi connectivity index (χ1v) is 10.8. The lowest BCUT2D eigenvalue weighted by Gasteiger charge is -2.00. The van der Waals surface area contributed by atoms with E-state index in [1.54, 1.807) is 0 Å². The molecule has 0 aromatic carbocycles. The predicted octanol–water partition coefficient (Wildman–Crippen LogP) is 6.35. The number of allylic oxidation sites excluding steroid dienone is 2. The van der Waals surface area contributed by atoms with E-state index in [1.165, 1.54) is 64.2 Å². The van der Waals surface area contributed by atoms with Crippen LogP contribution in [0, 0.1) is 0 Å². The van der Waals surface area contributed by atoms with E-state index >= 15 is 0 Å². The van der Waals surface area contributed by atoms with E-state index in [0.717, 1.165) is 25.7 Å². The van der Waals surface area contributed by atoms with Crippen LogP contribution in [-0.4, -0.2) is 24.8 Å². The Morgan fingerprint density at radius 3 is 2.12 bits per heavy atom. The second kappa shape index (κ2) is 15.4. The number of unbranched alkanes of at least 4 members (excludes halogenated alkanes) is 10. The van der Waals surface area contributed by atoms with Gasteiger partial charge in [-0.2, -0.15) is 0 Å². The standard InChI is InChI=1S/C22H40O3/c1-3-5-7-8-9-10-11-12-13-14-15-16-17-18-20-21(25-20)22(23)24-19-6-4-2/h12-13,20-21H,3-11,14-19H2,1-2H3/b13-12-. The Kier molecular flexibility index (Phi) is 13.7. The summed E-state index contributed by atoms with van der Waals surface area (Å²) in [5.41, 5.74) is 0. The van der Waals surface area contributed by atoms with E-state index in [9.17, 15) is 4.79 Å². The van der Waals surface area contributed by atoms with Crippen molar-refractivity contribution >= 4 is 5.97 Å². The van der Waals surface area contributed by atoms with Crippen molar-refractivity contribution < 1.29 is 14.3 Å². The lowest BCUT2D eigenvalue weighted by Crippen LogP contribution is -2.14. The molecule has 1 aliphatic heterocycles. The zero-order valence-corrected chi connectivity index (χ0v) is 16.6. The summed E-state index contributed by atoms with van der Waals surface area (Å²) in [4.78, 5) is 11.7. The van der Waals surface area contributed by atoms with E-state index in [1.807, 2.05) is 0 Å². The Bertz CT molecular complexity index is 351. The van der Waals surface area contributed by atoms with Crippen LogP contribution < -0.4 is 0 Å². The molecule has 0 amide bonds. The van der Waals surface area contributed by atoms with E-state index in [2.05, 4.69) is 26.0 Å². The number of carbonyl (C=O) groups excluding carboxylic acids is 1. The van der Waals surface area contributed by atoms with Crippen LogP contribution in [0.2, 0.25) is 0 Å². The molecule has 0 aromatic heterocycles. The van der Waals surface area contributed by atoms with Crippen molar-refractivity contribution in [2.45, 2.75) is 116 Å². The highest BCUT2D eigenvalue weighted by Gasteiger charge is 2.45. The van der Waals surface area contributed by atoms with Gasteiger partial charge in [-0.25, -0.2) is 4.79 Å². The van der Waals surface area contributed by atoms with Crippen LogP contribution in [0.15, 0.2) is 12.2 Å². The fraction of sp³-hybridized carbons (Fsp3) is 0.864. The molecular formula is C22H40O3. The summed E-state index contributed by atoms with van der Waals surface area (Å²) >= 11 is 0. The number of hydrogen-bond donors (Lipinski definition) is 0. The molecule has 0 aromatic rings. The van der Waals surface area contributed by atoms with Crippen LogP contribution in [0.5, 0.6) is 0 Å². The first-order chi connectivity index (χ1) is 12.3. The molecule has 1 heterocycles. The average Bonchev–Trinajstić information content (AvgIpc) is 3.39. The smallest absolute Gasteiger partial charge is 0.338 e. The summed E-state index contributed by atoms with van der Waals surface area (Å²) in [5.74, 6) is -0.156. The Morgan fingerprint density at radius 2 is 1.44 bits per heavy atom. The molecule has 2 unspecified atom stereocenters. The molecule has 3 heteroatoms. The van der Waals surface area contributed by atoms with Gasteiger partial charge in [-0.3, -0.25) is 0 Å². The Hall–Kier alpha value is -0.830. The monoisotopic (exact) mass is 352 g/mol. The van der Waals surface area contributed by atoms with Crippen molar-refractivity contribution in [2.75, 3.05) is 6.61 Å². The van der Waals surface area contributed by atoms with E-state index < -0.39 is 0 Å². The molecule has 0 saturated carbocycles. The van der Waals surface area contributed by atoms with Crippen molar-refractivity contribution in [2.24, 2.45) is 0 Å². The molecule has 0 radical (unpaired) electrons. The number of carbonyl (C=O) groups is 1. The molecule has 1 rings (SSSR count). The van der Waals surface area contributed by atoms with Crippen molar-refractivity contribution in [3.8, 4) is 0 Å². The van der Waals surface area contributed by atoms with Crippen molar-refractivity contribution in [3.63, 3.8) is 0 Å². The van der Waals surface area contributed by atoms with Gasteiger partial charge in [0.05, 0.1) is 12.7 Å². The van der Waals surface area contributed by atoms with Gasteiger partial charge >= 0.3 is 5.97 Å². The minimum atomic E-state index is -0.269. The highest BCUT2D eigenvalue weighted by Crippen LogP contribution is 2.28. The number of esters is 1. The zero-order valence-electron chi connectivity index (χ0n) is 16.6. The van der Waals surface area contributed by atoms with E-state index in [4.69, 9.17) is 9.47 Å². The normalized spacial score (nSPS) is 19.4. The Labute approximate surface area is 155 Å². The summed E-state index contributed by atoms with van der Waals surface area (Å²) in [5, 5.41) is 0. The third kappa shape index (κ3) is 12.2. The van der Waals surface area contributed by atoms with Gasteiger partial charge in [-0.1, -0.05) is 77.4 Å². The third-order valence-electron chi connectivity index (χ3n) is 4.81. The maximum atomic E-state index is 11.7. The van der Waals surface area contributed by atoms with Gasteiger partial charge in [0.15, 0.2) is 6.10 Å². The lowest BCUT2D eigenvalue weighted by atomic mass is 10.1.